The first-order valence-electron chi connectivity index (χ1n) is 3.40. The number of aliphatic hydroxyl groups is 1. The van der Waals surface area contributed by atoms with Crippen LogP contribution < -0.4 is 0 Å². The van der Waals surface area contributed by atoms with Gasteiger partial charge in [-0.05, 0) is 12.3 Å². The normalized spacial score (nSPS) is 18.0. The minimum atomic E-state index is -0.0833. The van der Waals surface area contributed by atoms with Crippen LogP contribution in [0.3, 0.4) is 0 Å². The van der Waals surface area contributed by atoms with E-state index in [0.717, 1.165) is 12.8 Å². The van der Waals surface area contributed by atoms with Gasteiger partial charge in [0, 0.05) is 0 Å². The maximum absolute atomic E-state index is 9.13. The van der Waals surface area contributed by atoms with Crippen molar-refractivity contribution in [3.8, 4) is 0 Å². The molecular formula is C7H16O. The van der Waals surface area contributed by atoms with Crippen molar-refractivity contribution in [1.29, 1.82) is 0 Å². The maximum Gasteiger partial charge on any atom is 0.0563 e. The maximum atomic E-state index is 9.13. The zero-order valence-corrected chi connectivity index (χ0v) is 6.02. The largest absolute Gasteiger partial charge is 0.393 e. The van der Waals surface area contributed by atoms with Crippen LogP contribution in [-0.4, -0.2) is 11.2 Å². The van der Waals surface area contributed by atoms with Crippen molar-refractivity contribution in [3.63, 3.8) is 0 Å². The average Bonchev–Trinajstić information content (AvgIpc) is 1.84. The predicted molar refractivity (Wildman–Crippen MR) is 35.8 cm³/mol. The molecule has 8 heavy (non-hydrogen) atoms. The van der Waals surface area contributed by atoms with E-state index in [-0.39, 0.29) is 6.10 Å². The fourth-order valence-corrected chi connectivity index (χ4v) is 0.674. The molecule has 0 unspecified atom stereocenters. The Hall–Kier alpha value is -0.0400. The fourth-order valence-electron chi connectivity index (χ4n) is 0.674. The molecule has 0 bridgehead atoms. The molecule has 0 radical (unpaired) electrons. The van der Waals surface area contributed by atoms with Crippen molar-refractivity contribution in [2.45, 2.75) is 39.7 Å². The lowest BCUT2D eigenvalue weighted by Crippen LogP contribution is -2.14. The molecule has 0 amide bonds. The van der Waals surface area contributed by atoms with E-state index in [0.29, 0.717) is 5.92 Å². The highest BCUT2D eigenvalue weighted by Gasteiger charge is 2.07. The molecule has 1 N–H and O–H groups in total. The Kier molecular flexibility index (Phi) is 3.88. The smallest absolute Gasteiger partial charge is 0.0563 e. The van der Waals surface area contributed by atoms with Gasteiger partial charge in [0.15, 0.2) is 0 Å². The predicted octanol–water partition coefficient (Wildman–Crippen LogP) is 1.80. The molecule has 0 heterocycles. The first-order valence-corrected chi connectivity index (χ1v) is 3.40. The van der Waals surface area contributed by atoms with Crippen LogP contribution in [0.2, 0.25) is 0 Å². The summed E-state index contributed by atoms with van der Waals surface area (Å²) in [6.07, 6.45) is 1.88. The molecule has 0 fully saturated rings. The standard InChI is InChI=1S/C7H16O/c1-4-6(3)7(8)5-2/h6-8H,4-5H2,1-3H3/t6-,7-/m0/s1. The van der Waals surface area contributed by atoms with E-state index in [1.54, 1.807) is 0 Å². The van der Waals surface area contributed by atoms with Gasteiger partial charge in [0.1, 0.15) is 0 Å². The van der Waals surface area contributed by atoms with E-state index >= 15 is 0 Å². The third kappa shape index (κ3) is 2.31. The van der Waals surface area contributed by atoms with E-state index in [1.165, 1.54) is 0 Å². The van der Waals surface area contributed by atoms with Crippen LogP contribution >= 0.6 is 0 Å². The number of rotatable bonds is 3. The van der Waals surface area contributed by atoms with E-state index < -0.39 is 0 Å². The Balaban J connectivity index is 3.29. The van der Waals surface area contributed by atoms with Gasteiger partial charge in [0.05, 0.1) is 6.10 Å². The van der Waals surface area contributed by atoms with Crippen LogP contribution in [0, 0.1) is 5.92 Å². The Morgan fingerprint density at radius 2 is 1.75 bits per heavy atom. The molecule has 0 spiro atoms. The Morgan fingerprint density at radius 3 is 1.88 bits per heavy atom. The molecule has 0 aromatic carbocycles. The molecule has 0 saturated heterocycles. The van der Waals surface area contributed by atoms with Crippen LogP contribution in [0.4, 0.5) is 0 Å². The van der Waals surface area contributed by atoms with Crippen LogP contribution in [0.15, 0.2) is 0 Å². The molecule has 1 nitrogen and oxygen atoms in total. The molecule has 0 aliphatic heterocycles. The van der Waals surface area contributed by atoms with Crippen LogP contribution in [0.5, 0.6) is 0 Å². The second-order valence-electron chi connectivity index (χ2n) is 2.36. The van der Waals surface area contributed by atoms with Crippen molar-refractivity contribution in [1.82, 2.24) is 0 Å². The average molecular weight is 116 g/mol. The summed E-state index contributed by atoms with van der Waals surface area (Å²) >= 11 is 0. The van der Waals surface area contributed by atoms with Gasteiger partial charge in [-0.2, -0.15) is 0 Å². The lowest BCUT2D eigenvalue weighted by atomic mass is 10.0. The quantitative estimate of drug-likeness (QED) is 0.596. The third-order valence-electron chi connectivity index (χ3n) is 1.72. The van der Waals surface area contributed by atoms with E-state index in [4.69, 9.17) is 5.11 Å². The Labute approximate surface area is 51.7 Å². The van der Waals surface area contributed by atoms with Gasteiger partial charge in [-0.1, -0.05) is 27.2 Å². The highest BCUT2D eigenvalue weighted by molar-refractivity contribution is 4.59. The van der Waals surface area contributed by atoms with Crippen molar-refractivity contribution < 1.29 is 5.11 Å². The summed E-state index contributed by atoms with van der Waals surface area (Å²) in [7, 11) is 0. The molecule has 50 valence electrons. The summed E-state index contributed by atoms with van der Waals surface area (Å²) in [6.45, 7) is 6.19. The number of hydrogen-bond acceptors (Lipinski definition) is 1. The van der Waals surface area contributed by atoms with Gasteiger partial charge in [0.2, 0.25) is 0 Å². The Morgan fingerprint density at radius 1 is 1.25 bits per heavy atom. The summed E-state index contributed by atoms with van der Waals surface area (Å²) in [4.78, 5) is 0. The summed E-state index contributed by atoms with van der Waals surface area (Å²) < 4.78 is 0. The van der Waals surface area contributed by atoms with E-state index in [2.05, 4.69) is 13.8 Å². The second-order valence-corrected chi connectivity index (χ2v) is 2.36. The molecule has 0 aromatic rings. The molecular weight excluding hydrogens is 100 g/mol. The number of hydrogen-bond donors (Lipinski definition) is 1. The number of aliphatic hydroxyl groups excluding tert-OH is 1. The molecule has 1 heteroatoms. The van der Waals surface area contributed by atoms with Gasteiger partial charge >= 0.3 is 0 Å². The zero-order valence-electron chi connectivity index (χ0n) is 6.02. The molecule has 0 aliphatic rings. The summed E-state index contributed by atoms with van der Waals surface area (Å²) in [5, 5.41) is 9.13. The molecule has 0 aromatic heterocycles. The van der Waals surface area contributed by atoms with Crippen molar-refractivity contribution >= 4 is 0 Å². The molecule has 0 aliphatic carbocycles. The second kappa shape index (κ2) is 3.90. The highest BCUT2D eigenvalue weighted by Crippen LogP contribution is 2.09. The van der Waals surface area contributed by atoms with Gasteiger partial charge in [-0.15, -0.1) is 0 Å². The van der Waals surface area contributed by atoms with Gasteiger partial charge < -0.3 is 5.11 Å². The SMILES string of the molecule is CC[C@H](C)[C@@H](O)CC. The van der Waals surface area contributed by atoms with Crippen molar-refractivity contribution in [3.05, 3.63) is 0 Å². The highest BCUT2D eigenvalue weighted by atomic mass is 16.3. The van der Waals surface area contributed by atoms with E-state index in [1.807, 2.05) is 6.92 Å². The fraction of sp³-hybridized carbons (Fsp3) is 1.00. The summed E-state index contributed by atoms with van der Waals surface area (Å²) in [5.74, 6) is 0.472. The topological polar surface area (TPSA) is 20.2 Å². The van der Waals surface area contributed by atoms with Gasteiger partial charge in [-0.25, -0.2) is 0 Å². The van der Waals surface area contributed by atoms with Gasteiger partial charge in [0.25, 0.3) is 0 Å². The van der Waals surface area contributed by atoms with Crippen molar-refractivity contribution in [2.75, 3.05) is 0 Å². The Bertz CT molecular complexity index is 44.3. The lowest BCUT2D eigenvalue weighted by Gasteiger charge is -2.13. The van der Waals surface area contributed by atoms with Crippen LogP contribution in [0.1, 0.15) is 33.6 Å². The third-order valence-corrected chi connectivity index (χ3v) is 1.72. The van der Waals surface area contributed by atoms with Crippen LogP contribution in [-0.2, 0) is 0 Å². The molecule has 0 saturated carbocycles. The monoisotopic (exact) mass is 116 g/mol. The first kappa shape index (κ1) is 7.96. The van der Waals surface area contributed by atoms with Gasteiger partial charge in [-0.3, -0.25) is 0 Å². The first-order chi connectivity index (χ1) is 3.72. The molecule has 0 rings (SSSR count). The minimum Gasteiger partial charge on any atom is -0.393 e. The zero-order chi connectivity index (χ0) is 6.57. The van der Waals surface area contributed by atoms with Crippen molar-refractivity contribution in [2.24, 2.45) is 5.92 Å². The van der Waals surface area contributed by atoms with Crippen LogP contribution in [0.25, 0.3) is 0 Å². The summed E-state index contributed by atoms with van der Waals surface area (Å²) in [6, 6.07) is 0. The lowest BCUT2D eigenvalue weighted by molar-refractivity contribution is 0.111. The minimum absolute atomic E-state index is 0.0833. The molecule has 2 atom stereocenters. The van der Waals surface area contributed by atoms with E-state index in [9.17, 15) is 0 Å². The summed E-state index contributed by atoms with van der Waals surface area (Å²) in [5.41, 5.74) is 0.